The highest BCUT2D eigenvalue weighted by atomic mass is 16.3. The third-order valence-electron chi connectivity index (χ3n) is 3.82. The zero-order valence-corrected chi connectivity index (χ0v) is 10.8. The lowest BCUT2D eigenvalue weighted by atomic mass is 10.1. The number of aliphatic hydroxyl groups is 1. The average molecular weight is 214 g/mol. The molecule has 3 nitrogen and oxygen atoms in total. The van der Waals surface area contributed by atoms with Crippen LogP contribution in [-0.4, -0.2) is 60.3 Å². The maximum Gasteiger partial charge on any atom is 0.0690 e. The molecule has 1 fully saturated rings. The van der Waals surface area contributed by atoms with Gasteiger partial charge in [0.2, 0.25) is 0 Å². The fourth-order valence-corrected chi connectivity index (χ4v) is 2.58. The second-order valence-electron chi connectivity index (χ2n) is 5.18. The van der Waals surface area contributed by atoms with E-state index >= 15 is 0 Å². The molecule has 4 unspecified atom stereocenters. The molecule has 0 amide bonds. The van der Waals surface area contributed by atoms with Crippen molar-refractivity contribution in [1.82, 2.24) is 9.80 Å². The number of rotatable bonds is 4. The zero-order chi connectivity index (χ0) is 11.6. The molecule has 0 aromatic heterocycles. The Bertz CT molecular complexity index is 196. The highest BCUT2D eigenvalue weighted by Gasteiger charge is 2.34. The Kier molecular flexibility index (Phi) is 4.56. The fourth-order valence-electron chi connectivity index (χ4n) is 2.58. The summed E-state index contributed by atoms with van der Waals surface area (Å²) in [6.45, 7) is 8.69. The molecular formula is C12H26N2O. The molecule has 1 saturated heterocycles. The van der Waals surface area contributed by atoms with Gasteiger partial charge in [0.25, 0.3) is 0 Å². The van der Waals surface area contributed by atoms with E-state index in [1.165, 1.54) is 0 Å². The maximum absolute atomic E-state index is 9.84. The van der Waals surface area contributed by atoms with E-state index in [0.717, 1.165) is 19.5 Å². The molecule has 90 valence electrons. The van der Waals surface area contributed by atoms with Gasteiger partial charge in [0.05, 0.1) is 6.10 Å². The van der Waals surface area contributed by atoms with E-state index in [-0.39, 0.29) is 6.10 Å². The highest BCUT2D eigenvalue weighted by molar-refractivity contribution is 4.90. The van der Waals surface area contributed by atoms with Gasteiger partial charge in [0, 0.05) is 25.2 Å². The van der Waals surface area contributed by atoms with E-state index in [2.05, 4.69) is 37.7 Å². The summed E-state index contributed by atoms with van der Waals surface area (Å²) in [5.41, 5.74) is 0. The molecule has 1 N–H and O–H groups in total. The summed E-state index contributed by atoms with van der Waals surface area (Å²) in [6, 6.07) is 0.930. The summed E-state index contributed by atoms with van der Waals surface area (Å²) in [4.78, 5) is 4.72. The molecule has 15 heavy (non-hydrogen) atoms. The van der Waals surface area contributed by atoms with Crippen molar-refractivity contribution in [1.29, 1.82) is 0 Å². The van der Waals surface area contributed by atoms with E-state index in [4.69, 9.17) is 0 Å². The highest BCUT2D eigenvalue weighted by Crippen LogP contribution is 2.23. The van der Waals surface area contributed by atoms with E-state index in [9.17, 15) is 5.11 Å². The van der Waals surface area contributed by atoms with Crippen molar-refractivity contribution in [2.24, 2.45) is 5.92 Å². The summed E-state index contributed by atoms with van der Waals surface area (Å²) in [5.74, 6) is 0.700. The van der Waals surface area contributed by atoms with Gasteiger partial charge in [-0.1, -0.05) is 13.8 Å². The molecule has 0 spiro atoms. The Morgan fingerprint density at radius 1 is 1.40 bits per heavy atom. The van der Waals surface area contributed by atoms with Crippen LogP contribution < -0.4 is 0 Å². The van der Waals surface area contributed by atoms with E-state index in [0.29, 0.717) is 18.0 Å². The van der Waals surface area contributed by atoms with Crippen molar-refractivity contribution >= 4 is 0 Å². The number of likely N-dealkylation sites (N-methyl/N-ethyl adjacent to an activating group) is 1. The lowest BCUT2D eigenvalue weighted by Gasteiger charge is -2.28. The molecule has 3 heteroatoms. The van der Waals surface area contributed by atoms with Crippen molar-refractivity contribution in [3.63, 3.8) is 0 Å². The average Bonchev–Trinajstić information content (AvgIpc) is 2.58. The minimum Gasteiger partial charge on any atom is -0.392 e. The van der Waals surface area contributed by atoms with Crippen molar-refractivity contribution in [3.8, 4) is 0 Å². The Morgan fingerprint density at radius 2 is 2.00 bits per heavy atom. The molecule has 0 aromatic rings. The topological polar surface area (TPSA) is 26.7 Å². The van der Waals surface area contributed by atoms with Crippen LogP contribution in [0.1, 0.15) is 27.2 Å². The van der Waals surface area contributed by atoms with Crippen LogP contribution in [0.3, 0.4) is 0 Å². The smallest absolute Gasteiger partial charge is 0.0690 e. The first kappa shape index (κ1) is 12.9. The first-order valence-corrected chi connectivity index (χ1v) is 6.05. The lowest BCUT2D eigenvalue weighted by molar-refractivity contribution is 0.0651. The number of hydrogen-bond donors (Lipinski definition) is 1. The molecule has 0 radical (unpaired) electrons. The third kappa shape index (κ3) is 2.92. The second-order valence-corrected chi connectivity index (χ2v) is 5.18. The Hall–Kier alpha value is -0.120. The molecular weight excluding hydrogens is 188 g/mol. The predicted octanol–water partition coefficient (Wildman–Crippen LogP) is 1.03. The van der Waals surface area contributed by atoms with Gasteiger partial charge in [0.15, 0.2) is 0 Å². The third-order valence-corrected chi connectivity index (χ3v) is 3.82. The van der Waals surface area contributed by atoms with Crippen LogP contribution in [0.4, 0.5) is 0 Å². The standard InChI is InChI=1S/C12H26N2O/c1-6-12(15)10(3)14-7-9(2)11(8-14)13(4)5/h9-12,15H,6-8H2,1-5H3. The maximum atomic E-state index is 9.84. The van der Waals surface area contributed by atoms with Crippen LogP contribution in [0.25, 0.3) is 0 Å². The molecule has 0 saturated carbocycles. The van der Waals surface area contributed by atoms with Crippen molar-refractivity contribution in [2.75, 3.05) is 27.2 Å². The van der Waals surface area contributed by atoms with Crippen LogP contribution >= 0.6 is 0 Å². The molecule has 4 atom stereocenters. The van der Waals surface area contributed by atoms with Crippen molar-refractivity contribution < 1.29 is 5.11 Å². The van der Waals surface area contributed by atoms with Gasteiger partial charge in [-0.05, 0) is 33.4 Å². The summed E-state index contributed by atoms with van der Waals surface area (Å²) >= 11 is 0. The summed E-state index contributed by atoms with van der Waals surface area (Å²) in [6.07, 6.45) is 0.664. The van der Waals surface area contributed by atoms with E-state index in [1.54, 1.807) is 0 Å². The van der Waals surface area contributed by atoms with Crippen LogP contribution in [0.2, 0.25) is 0 Å². The summed E-state index contributed by atoms with van der Waals surface area (Å²) in [5, 5.41) is 9.84. The lowest BCUT2D eigenvalue weighted by Crippen LogP contribution is -2.41. The van der Waals surface area contributed by atoms with E-state index in [1.807, 2.05) is 6.92 Å². The van der Waals surface area contributed by atoms with Crippen molar-refractivity contribution in [3.05, 3.63) is 0 Å². The fraction of sp³-hybridized carbons (Fsp3) is 1.00. The van der Waals surface area contributed by atoms with E-state index < -0.39 is 0 Å². The molecule has 1 aliphatic rings. The largest absolute Gasteiger partial charge is 0.392 e. The van der Waals surface area contributed by atoms with Gasteiger partial charge < -0.3 is 10.0 Å². The quantitative estimate of drug-likeness (QED) is 0.757. The van der Waals surface area contributed by atoms with Crippen LogP contribution in [-0.2, 0) is 0 Å². The predicted molar refractivity (Wildman–Crippen MR) is 64.0 cm³/mol. The van der Waals surface area contributed by atoms with Crippen LogP contribution in [0, 0.1) is 5.92 Å². The molecule has 1 heterocycles. The Balaban J connectivity index is 2.54. The number of nitrogens with zero attached hydrogens (tertiary/aromatic N) is 2. The number of hydrogen-bond acceptors (Lipinski definition) is 3. The minimum atomic E-state index is -0.182. The van der Waals surface area contributed by atoms with Gasteiger partial charge in [-0.3, -0.25) is 4.90 Å². The van der Waals surface area contributed by atoms with Gasteiger partial charge in [-0.15, -0.1) is 0 Å². The van der Waals surface area contributed by atoms with Crippen LogP contribution in [0.15, 0.2) is 0 Å². The first-order valence-electron chi connectivity index (χ1n) is 6.05. The SMILES string of the molecule is CCC(O)C(C)N1CC(C)C(N(C)C)C1. The van der Waals surface area contributed by atoms with Gasteiger partial charge in [-0.25, -0.2) is 0 Å². The number of aliphatic hydroxyl groups excluding tert-OH is 1. The summed E-state index contributed by atoms with van der Waals surface area (Å²) < 4.78 is 0. The van der Waals surface area contributed by atoms with Crippen LogP contribution in [0.5, 0.6) is 0 Å². The first-order chi connectivity index (χ1) is 6.97. The Morgan fingerprint density at radius 3 is 2.40 bits per heavy atom. The molecule has 1 rings (SSSR count). The van der Waals surface area contributed by atoms with Crippen molar-refractivity contribution in [2.45, 2.75) is 45.4 Å². The molecule has 1 aliphatic heterocycles. The molecule has 0 bridgehead atoms. The summed E-state index contributed by atoms with van der Waals surface area (Å²) in [7, 11) is 4.29. The normalized spacial score (nSPS) is 32.2. The Labute approximate surface area is 94.1 Å². The molecule has 0 aliphatic carbocycles. The minimum absolute atomic E-state index is 0.182. The second kappa shape index (κ2) is 5.28. The van der Waals surface area contributed by atoms with Gasteiger partial charge in [-0.2, -0.15) is 0 Å². The van der Waals surface area contributed by atoms with Gasteiger partial charge in [0.1, 0.15) is 0 Å². The molecule has 0 aromatic carbocycles. The zero-order valence-electron chi connectivity index (χ0n) is 10.8. The monoisotopic (exact) mass is 214 g/mol. The number of likely N-dealkylation sites (tertiary alicyclic amines) is 1. The van der Waals surface area contributed by atoms with Gasteiger partial charge >= 0.3 is 0 Å².